The van der Waals surface area contributed by atoms with E-state index in [9.17, 15) is 18.0 Å². The van der Waals surface area contributed by atoms with E-state index in [1.807, 2.05) is 0 Å². The number of pyridine rings is 1. The van der Waals surface area contributed by atoms with Gasteiger partial charge in [0.15, 0.2) is 17.5 Å². The van der Waals surface area contributed by atoms with E-state index in [1.54, 1.807) is 30.6 Å². The molecule has 0 radical (unpaired) electrons. The normalized spacial score (nSPS) is 17.8. The predicted molar refractivity (Wildman–Crippen MR) is 81.7 cm³/mol. The molecule has 0 atom stereocenters. The molecular weight excluding hydrogens is 327 g/mol. The first-order valence-electron chi connectivity index (χ1n) is 6.37. The molecule has 1 aromatic carbocycles. The van der Waals surface area contributed by atoms with Gasteiger partial charge < -0.3 is 5.32 Å². The third kappa shape index (κ3) is 3.42. The number of rotatable bonds is 2. The van der Waals surface area contributed by atoms with Crippen LogP contribution in [0.25, 0.3) is 6.08 Å². The number of nitrogens with one attached hydrogen (secondary N) is 1. The van der Waals surface area contributed by atoms with Gasteiger partial charge in [-0.1, -0.05) is 6.07 Å². The number of aromatic nitrogens is 1. The fourth-order valence-electron chi connectivity index (χ4n) is 1.86. The molecule has 1 amide bonds. The lowest BCUT2D eigenvalue weighted by atomic mass is 10.2. The molecule has 8 heteroatoms. The molecule has 4 nitrogen and oxygen atoms in total. The Morgan fingerprint density at radius 2 is 1.96 bits per heavy atom. The third-order valence-corrected chi connectivity index (χ3v) is 3.67. The van der Waals surface area contributed by atoms with Gasteiger partial charge in [-0.05, 0) is 29.5 Å². The van der Waals surface area contributed by atoms with Gasteiger partial charge in [-0.3, -0.25) is 9.78 Å². The van der Waals surface area contributed by atoms with Crippen LogP contribution >= 0.6 is 11.8 Å². The van der Waals surface area contributed by atoms with E-state index in [2.05, 4.69) is 15.3 Å². The maximum atomic E-state index is 13.2. The monoisotopic (exact) mass is 335 g/mol. The largest absolute Gasteiger partial charge is 0.300 e. The molecule has 2 aromatic rings. The summed E-state index contributed by atoms with van der Waals surface area (Å²) in [5, 5.41) is 2.10. The predicted octanol–water partition coefficient (Wildman–Crippen LogP) is 4.03. The highest BCUT2D eigenvalue weighted by Gasteiger charge is 2.24. The van der Waals surface area contributed by atoms with Crippen LogP contribution in [0.4, 0.5) is 23.7 Å². The fourth-order valence-corrected chi connectivity index (χ4v) is 2.60. The molecule has 116 valence electrons. The molecule has 1 aromatic heterocycles. The number of amides is 1. The maximum absolute atomic E-state index is 13.2. The average molecular weight is 335 g/mol. The summed E-state index contributed by atoms with van der Waals surface area (Å²) in [4.78, 5) is 19.9. The van der Waals surface area contributed by atoms with Crippen LogP contribution in [0.3, 0.4) is 0 Å². The Kier molecular flexibility index (Phi) is 4.16. The van der Waals surface area contributed by atoms with E-state index in [1.165, 1.54) is 0 Å². The van der Waals surface area contributed by atoms with Crippen LogP contribution < -0.4 is 5.32 Å². The van der Waals surface area contributed by atoms with Crippen molar-refractivity contribution >= 4 is 34.6 Å². The fraction of sp³-hybridized carbons (Fsp3) is 0. The molecule has 0 unspecified atom stereocenters. The lowest BCUT2D eigenvalue weighted by molar-refractivity contribution is 0.265. The molecule has 23 heavy (non-hydrogen) atoms. The first-order chi connectivity index (χ1) is 11.0. The smallest absolute Gasteiger partial charge is 0.289 e. The Morgan fingerprint density at radius 3 is 2.61 bits per heavy atom. The average Bonchev–Trinajstić information content (AvgIpc) is 2.85. The van der Waals surface area contributed by atoms with Crippen LogP contribution in [0.2, 0.25) is 0 Å². The first kappa shape index (κ1) is 15.3. The summed E-state index contributed by atoms with van der Waals surface area (Å²) in [5.41, 5.74) is 0.590. The minimum atomic E-state index is -1.56. The van der Waals surface area contributed by atoms with Gasteiger partial charge in [-0.15, -0.1) is 0 Å². The van der Waals surface area contributed by atoms with Crippen molar-refractivity contribution in [3.05, 3.63) is 64.6 Å². The van der Waals surface area contributed by atoms with Crippen LogP contribution in [-0.4, -0.2) is 16.1 Å². The van der Waals surface area contributed by atoms with Gasteiger partial charge in [0.1, 0.15) is 5.84 Å². The van der Waals surface area contributed by atoms with Gasteiger partial charge in [0, 0.05) is 24.5 Å². The summed E-state index contributed by atoms with van der Waals surface area (Å²) in [6.07, 6.45) is 4.85. The number of halogens is 3. The molecule has 1 aliphatic heterocycles. The second-order valence-electron chi connectivity index (χ2n) is 4.49. The van der Waals surface area contributed by atoms with Gasteiger partial charge in [-0.25, -0.2) is 18.2 Å². The highest BCUT2D eigenvalue weighted by atomic mass is 32.2. The minimum absolute atomic E-state index is 0.134. The number of amidine groups is 1. The van der Waals surface area contributed by atoms with E-state index in [0.29, 0.717) is 4.91 Å². The number of carbonyl (C=O) groups excluding carboxylic acids is 1. The summed E-state index contributed by atoms with van der Waals surface area (Å²) in [6, 6.07) is 5.01. The lowest BCUT2D eigenvalue weighted by Gasteiger charge is -2.01. The van der Waals surface area contributed by atoms with E-state index >= 15 is 0 Å². The van der Waals surface area contributed by atoms with E-state index < -0.39 is 17.5 Å². The molecule has 2 heterocycles. The van der Waals surface area contributed by atoms with Crippen LogP contribution in [0.15, 0.2) is 46.6 Å². The number of carbonyl (C=O) groups is 1. The van der Waals surface area contributed by atoms with E-state index in [0.717, 1.165) is 29.5 Å². The maximum Gasteiger partial charge on any atom is 0.289 e. The van der Waals surface area contributed by atoms with Crippen molar-refractivity contribution in [3.63, 3.8) is 0 Å². The molecule has 0 spiro atoms. The zero-order chi connectivity index (χ0) is 16.4. The van der Waals surface area contributed by atoms with Crippen molar-refractivity contribution in [1.82, 2.24) is 10.3 Å². The molecule has 1 fully saturated rings. The minimum Gasteiger partial charge on any atom is -0.300 e. The Hall–Kier alpha value is -2.61. The van der Waals surface area contributed by atoms with Crippen LogP contribution in [-0.2, 0) is 0 Å². The number of thioether (sulfide) groups is 1. The number of hydrogen-bond acceptors (Lipinski definition) is 4. The summed E-state index contributed by atoms with van der Waals surface area (Å²) in [6.45, 7) is 0. The molecule has 1 saturated heterocycles. The summed E-state index contributed by atoms with van der Waals surface area (Å²) in [5.74, 6) is -4.13. The second kappa shape index (κ2) is 6.25. The number of benzene rings is 1. The Morgan fingerprint density at radius 1 is 1.22 bits per heavy atom. The zero-order valence-corrected chi connectivity index (χ0v) is 12.2. The van der Waals surface area contributed by atoms with Crippen LogP contribution in [0, 0.1) is 17.5 Å². The van der Waals surface area contributed by atoms with E-state index in [-0.39, 0.29) is 16.8 Å². The highest BCUT2D eigenvalue weighted by Crippen LogP contribution is 2.29. The topological polar surface area (TPSA) is 54.4 Å². The second-order valence-corrected chi connectivity index (χ2v) is 5.51. The zero-order valence-electron chi connectivity index (χ0n) is 11.4. The summed E-state index contributed by atoms with van der Waals surface area (Å²) >= 11 is 0.890. The van der Waals surface area contributed by atoms with Gasteiger partial charge in [0.25, 0.3) is 5.24 Å². The number of hydrogen-bond donors (Lipinski definition) is 1. The highest BCUT2D eigenvalue weighted by molar-refractivity contribution is 8.18. The SMILES string of the molecule is O=C1NC(=Nc2cc(F)c(F)c(F)c2)C(=Cc2cccnc2)S1. The molecule has 3 rings (SSSR count). The molecule has 1 aliphatic rings. The first-order valence-corrected chi connectivity index (χ1v) is 7.19. The van der Waals surface area contributed by atoms with Crippen molar-refractivity contribution in [2.45, 2.75) is 0 Å². The van der Waals surface area contributed by atoms with E-state index in [4.69, 9.17) is 0 Å². The van der Waals surface area contributed by atoms with Crippen LogP contribution in [0.1, 0.15) is 5.56 Å². The molecular formula is C15H8F3N3OS. The van der Waals surface area contributed by atoms with Crippen molar-refractivity contribution in [2.75, 3.05) is 0 Å². The summed E-state index contributed by atoms with van der Waals surface area (Å²) in [7, 11) is 0. The van der Waals surface area contributed by atoms with Crippen molar-refractivity contribution in [2.24, 2.45) is 4.99 Å². The van der Waals surface area contributed by atoms with Gasteiger partial charge in [0.05, 0.1) is 10.6 Å². The standard InChI is InChI=1S/C15H8F3N3OS/c16-10-5-9(6-11(17)13(10)18)20-14-12(23-15(22)21-14)4-8-2-1-3-19-7-8/h1-7H,(H,20,21,22). The van der Waals surface area contributed by atoms with Crippen molar-refractivity contribution < 1.29 is 18.0 Å². The van der Waals surface area contributed by atoms with Gasteiger partial charge in [0.2, 0.25) is 0 Å². The van der Waals surface area contributed by atoms with Crippen LogP contribution in [0.5, 0.6) is 0 Å². The molecule has 0 aliphatic carbocycles. The number of nitrogens with zero attached hydrogens (tertiary/aromatic N) is 2. The Balaban J connectivity index is 2.00. The quantitative estimate of drug-likeness (QED) is 0.843. The van der Waals surface area contributed by atoms with Gasteiger partial charge >= 0.3 is 0 Å². The van der Waals surface area contributed by atoms with Crippen molar-refractivity contribution in [3.8, 4) is 0 Å². The molecule has 1 N–H and O–H groups in total. The summed E-state index contributed by atoms with van der Waals surface area (Å²) < 4.78 is 39.4. The Labute approximate surface area is 133 Å². The molecule has 0 bridgehead atoms. The van der Waals surface area contributed by atoms with Gasteiger partial charge in [-0.2, -0.15) is 0 Å². The lowest BCUT2D eigenvalue weighted by Crippen LogP contribution is -2.18. The molecule has 0 saturated carbocycles. The third-order valence-electron chi connectivity index (χ3n) is 2.85. The van der Waals surface area contributed by atoms with Crippen molar-refractivity contribution in [1.29, 1.82) is 0 Å². The Bertz CT molecular complexity index is 814. The number of aliphatic imine (C=N–C) groups is 1.